The minimum atomic E-state index is -0.581. The lowest BCUT2D eigenvalue weighted by molar-refractivity contribution is -0.123. The minimum absolute atomic E-state index is 0.0321. The van der Waals surface area contributed by atoms with Crippen molar-refractivity contribution in [1.29, 1.82) is 5.26 Å². The van der Waals surface area contributed by atoms with Crippen LogP contribution in [0.2, 0.25) is 0 Å². The van der Waals surface area contributed by atoms with Gasteiger partial charge in [0.05, 0.1) is 12.2 Å². The van der Waals surface area contributed by atoms with Crippen molar-refractivity contribution in [2.75, 3.05) is 18.5 Å². The molecule has 0 heterocycles. The highest BCUT2D eigenvalue weighted by atomic mass is 16.5. The van der Waals surface area contributed by atoms with E-state index in [-0.39, 0.29) is 30.7 Å². The van der Waals surface area contributed by atoms with Crippen LogP contribution in [0, 0.1) is 11.3 Å². The van der Waals surface area contributed by atoms with Gasteiger partial charge in [0.1, 0.15) is 17.4 Å². The second-order valence-corrected chi connectivity index (χ2v) is 7.00. The van der Waals surface area contributed by atoms with E-state index in [2.05, 4.69) is 10.6 Å². The number of hydrogen-bond donors (Lipinski definition) is 2. The number of amides is 2. The van der Waals surface area contributed by atoms with E-state index in [1.165, 1.54) is 18.2 Å². The summed E-state index contributed by atoms with van der Waals surface area (Å²) in [5.74, 6) is -0.758. The summed E-state index contributed by atoms with van der Waals surface area (Å²) in [6.07, 6.45) is 1.44. The molecule has 8 nitrogen and oxygen atoms in total. The van der Waals surface area contributed by atoms with Crippen LogP contribution in [-0.4, -0.2) is 37.0 Å². The summed E-state index contributed by atoms with van der Waals surface area (Å²) >= 11 is 0. The molecule has 0 fully saturated rings. The Hall–Kier alpha value is -4.12. The monoisotopic (exact) mass is 435 g/mol. The van der Waals surface area contributed by atoms with Gasteiger partial charge < -0.3 is 20.1 Å². The number of anilines is 1. The van der Waals surface area contributed by atoms with Crippen LogP contribution in [0.3, 0.4) is 0 Å². The molecule has 0 aliphatic heterocycles. The van der Waals surface area contributed by atoms with Gasteiger partial charge in [0, 0.05) is 11.7 Å². The molecule has 0 aliphatic carbocycles. The molecule has 0 atom stereocenters. The number of ether oxygens (including phenoxy) is 2. The fourth-order valence-electron chi connectivity index (χ4n) is 2.59. The summed E-state index contributed by atoms with van der Waals surface area (Å²) in [7, 11) is 0. The summed E-state index contributed by atoms with van der Waals surface area (Å²) in [4.78, 5) is 35.8. The van der Waals surface area contributed by atoms with E-state index in [9.17, 15) is 19.6 Å². The third-order valence-corrected chi connectivity index (χ3v) is 4.03. The van der Waals surface area contributed by atoms with Crippen LogP contribution in [-0.2, 0) is 14.3 Å². The lowest BCUT2D eigenvalue weighted by atomic mass is 10.1. The molecule has 166 valence electrons. The molecular formula is C24H25N3O5. The number of esters is 1. The molecule has 0 aliphatic rings. The van der Waals surface area contributed by atoms with Crippen LogP contribution in [0.5, 0.6) is 5.75 Å². The average molecular weight is 435 g/mol. The first-order chi connectivity index (χ1) is 15.3. The van der Waals surface area contributed by atoms with Crippen LogP contribution >= 0.6 is 0 Å². The van der Waals surface area contributed by atoms with Crippen LogP contribution in [0.25, 0.3) is 6.08 Å². The molecule has 0 saturated carbocycles. The summed E-state index contributed by atoms with van der Waals surface area (Å²) in [6.45, 7) is 5.61. The van der Waals surface area contributed by atoms with Crippen LogP contribution in [0.1, 0.15) is 36.7 Å². The Bertz CT molecular complexity index is 1020. The first kappa shape index (κ1) is 24.2. The van der Waals surface area contributed by atoms with E-state index in [4.69, 9.17) is 9.47 Å². The van der Waals surface area contributed by atoms with E-state index in [1.54, 1.807) is 43.3 Å². The Morgan fingerprint density at radius 1 is 1.06 bits per heavy atom. The van der Waals surface area contributed by atoms with Crippen LogP contribution in [0.4, 0.5) is 5.69 Å². The number of nitriles is 1. The molecule has 2 N–H and O–H groups in total. The van der Waals surface area contributed by atoms with Crippen LogP contribution in [0.15, 0.2) is 54.1 Å². The first-order valence-electron chi connectivity index (χ1n) is 10.0. The van der Waals surface area contributed by atoms with Gasteiger partial charge in [0.25, 0.3) is 11.8 Å². The Morgan fingerprint density at radius 3 is 2.28 bits per heavy atom. The maximum absolute atomic E-state index is 12.4. The fraction of sp³-hybridized carbons (Fsp3) is 0.250. The number of benzene rings is 2. The van der Waals surface area contributed by atoms with Gasteiger partial charge in [-0.3, -0.25) is 9.59 Å². The predicted octanol–water partition coefficient (Wildman–Crippen LogP) is 3.31. The average Bonchev–Trinajstić information content (AvgIpc) is 2.77. The number of nitrogens with one attached hydrogen (secondary N) is 2. The fourth-order valence-corrected chi connectivity index (χ4v) is 2.59. The van der Waals surface area contributed by atoms with Crippen molar-refractivity contribution in [3.05, 3.63) is 65.2 Å². The van der Waals surface area contributed by atoms with Gasteiger partial charge in [0.15, 0.2) is 6.61 Å². The molecular weight excluding hydrogens is 410 g/mol. The molecule has 2 aromatic rings. The molecule has 0 unspecified atom stereocenters. The minimum Gasteiger partial charge on any atom is -0.484 e. The van der Waals surface area contributed by atoms with Gasteiger partial charge in [-0.1, -0.05) is 12.1 Å². The van der Waals surface area contributed by atoms with E-state index >= 15 is 0 Å². The topological polar surface area (TPSA) is 118 Å². The largest absolute Gasteiger partial charge is 0.484 e. The Morgan fingerprint density at radius 2 is 1.72 bits per heavy atom. The molecule has 0 bridgehead atoms. The normalized spacial score (nSPS) is 10.8. The summed E-state index contributed by atoms with van der Waals surface area (Å²) in [5, 5.41) is 14.7. The lowest BCUT2D eigenvalue weighted by Gasteiger charge is -2.10. The molecule has 0 radical (unpaired) electrons. The predicted molar refractivity (Wildman–Crippen MR) is 120 cm³/mol. The number of hydrogen-bond acceptors (Lipinski definition) is 6. The molecule has 0 aromatic heterocycles. The van der Waals surface area contributed by atoms with Gasteiger partial charge in [-0.2, -0.15) is 5.26 Å². The molecule has 0 saturated heterocycles. The number of nitrogens with zero attached hydrogens (tertiary/aromatic N) is 1. The molecule has 8 heteroatoms. The van der Waals surface area contributed by atoms with Crippen molar-refractivity contribution < 1.29 is 23.9 Å². The standard InChI is InChI=1S/C24H25N3O5/c1-4-31-24(30)18-7-9-20(10-8-18)27-23(29)19(14-25)13-17-5-11-21(12-6-17)32-15-22(28)26-16(2)3/h5-13,16H,4,15H2,1-3H3,(H,26,28)(H,27,29)/b19-13-. The van der Waals surface area contributed by atoms with Crippen molar-refractivity contribution in [2.45, 2.75) is 26.8 Å². The second-order valence-electron chi connectivity index (χ2n) is 7.00. The van der Waals surface area contributed by atoms with Gasteiger partial charge in [-0.15, -0.1) is 0 Å². The number of rotatable bonds is 9. The highest BCUT2D eigenvalue weighted by Gasteiger charge is 2.11. The Labute approximate surface area is 186 Å². The zero-order valence-corrected chi connectivity index (χ0v) is 18.2. The highest BCUT2D eigenvalue weighted by molar-refractivity contribution is 6.09. The maximum atomic E-state index is 12.4. The number of carbonyl (C=O) groups excluding carboxylic acids is 3. The Balaban J connectivity index is 1.99. The second kappa shape index (κ2) is 11.9. The molecule has 2 aromatic carbocycles. The highest BCUT2D eigenvalue weighted by Crippen LogP contribution is 2.16. The lowest BCUT2D eigenvalue weighted by Crippen LogP contribution is -2.34. The first-order valence-corrected chi connectivity index (χ1v) is 10.0. The van der Waals surface area contributed by atoms with E-state index in [1.807, 2.05) is 19.9 Å². The van der Waals surface area contributed by atoms with Crippen molar-refractivity contribution >= 4 is 29.5 Å². The van der Waals surface area contributed by atoms with E-state index in [0.717, 1.165) is 0 Å². The summed E-state index contributed by atoms with van der Waals surface area (Å²) in [6, 6.07) is 14.7. The third kappa shape index (κ3) is 7.61. The summed E-state index contributed by atoms with van der Waals surface area (Å²) in [5.41, 5.74) is 1.33. The van der Waals surface area contributed by atoms with Gasteiger partial charge in [-0.05, 0) is 68.8 Å². The molecule has 32 heavy (non-hydrogen) atoms. The SMILES string of the molecule is CCOC(=O)c1ccc(NC(=O)/C(C#N)=C\c2ccc(OCC(=O)NC(C)C)cc2)cc1. The third-order valence-electron chi connectivity index (χ3n) is 4.03. The zero-order valence-electron chi connectivity index (χ0n) is 18.2. The van der Waals surface area contributed by atoms with Crippen molar-refractivity contribution in [3.63, 3.8) is 0 Å². The molecule has 2 rings (SSSR count). The summed E-state index contributed by atoms with van der Waals surface area (Å²) < 4.78 is 10.3. The smallest absolute Gasteiger partial charge is 0.338 e. The van der Waals surface area contributed by atoms with Gasteiger partial charge >= 0.3 is 5.97 Å². The van der Waals surface area contributed by atoms with E-state index < -0.39 is 11.9 Å². The number of carbonyl (C=O) groups is 3. The van der Waals surface area contributed by atoms with E-state index in [0.29, 0.717) is 22.6 Å². The Kier molecular flexibility index (Phi) is 8.99. The zero-order chi connectivity index (χ0) is 23.5. The van der Waals surface area contributed by atoms with Crippen LogP contribution < -0.4 is 15.4 Å². The van der Waals surface area contributed by atoms with Crippen molar-refractivity contribution in [1.82, 2.24) is 5.32 Å². The quantitative estimate of drug-likeness (QED) is 0.354. The van der Waals surface area contributed by atoms with Crippen molar-refractivity contribution in [2.24, 2.45) is 0 Å². The van der Waals surface area contributed by atoms with Crippen molar-refractivity contribution in [3.8, 4) is 11.8 Å². The molecule has 0 spiro atoms. The van der Waals surface area contributed by atoms with Gasteiger partial charge in [-0.25, -0.2) is 4.79 Å². The molecule has 2 amide bonds. The van der Waals surface area contributed by atoms with Gasteiger partial charge in [0.2, 0.25) is 0 Å². The maximum Gasteiger partial charge on any atom is 0.338 e.